The van der Waals surface area contributed by atoms with Crippen molar-refractivity contribution in [2.75, 3.05) is 6.54 Å². The van der Waals surface area contributed by atoms with Crippen molar-refractivity contribution >= 4 is 0 Å². The van der Waals surface area contributed by atoms with E-state index in [4.69, 9.17) is 5.73 Å². The summed E-state index contributed by atoms with van der Waals surface area (Å²) in [5.41, 5.74) is 5.69. The molecule has 0 atom stereocenters. The average molecular weight is 267 g/mol. The van der Waals surface area contributed by atoms with Crippen LogP contribution >= 0.6 is 0 Å². The van der Waals surface area contributed by atoms with Gasteiger partial charge in [-0.15, -0.1) is 0 Å². The van der Waals surface area contributed by atoms with Gasteiger partial charge < -0.3 is 10.8 Å². The Morgan fingerprint density at radius 3 is 2.11 bits per heavy atom. The standard InChI is InChI=1S/C17H33NO/c1-3-4-15-7-11-17(19,12-8-15)16(13-18)9-5-14(2)6-10-16/h14-15,19H,3-13,18H2,1-2H3. The topological polar surface area (TPSA) is 46.2 Å². The van der Waals surface area contributed by atoms with E-state index in [-0.39, 0.29) is 5.41 Å². The van der Waals surface area contributed by atoms with Crippen LogP contribution in [0.15, 0.2) is 0 Å². The van der Waals surface area contributed by atoms with E-state index in [1.807, 2.05) is 0 Å². The smallest absolute Gasteiger partial charge is 0.0716 e. The Bertz CT molecular complexity index is 273. The molecule has 3 N–H and O–H groups in total. The van der Waals surface area contributed by atoms with E-state index < -0.39 is 5.60 Å². The molecule has 0 radical (unpaired) electrons. The first-order chi connectivity index (χ1) is 9.05. The molecular formula is C17H33NO. The second-order valence-corrected chi connectivity index (χ2v) is 7.43. The molecule has 0 aromatic heterocycles. The summed E-state index contributed by atoms with van der Waals surface area (Å²) < 4.78 is 0. The lowest BCUT2D eigenvalue weighted by Crippen LogP contribution is -2.55. The van der Waals surface area contributed by atoms with Crippen molar-refractivity contribution in [1.82, 2.24) is 0 Å². The predicted octanol–water partition coefficient (Wildman–Crippen LogP) is 3.86. The molecule has 0 aromatic carbocycles. The Morgan fingerprint density at radius 1 is 1.05 bits per heavy atom. The van der Waals surface area contributed by atoms with Gasteiger partial charge in [0.15, 0.2) is 0 Å². The maximum absolute atomic E-state index is 11.2. The number of nitrogens with two attached hydrogens (primary N) is 1. The highest BCUT2D eigenvalue weighted by Gasteiger charge is 2.51. The summed E-state index contributed by atoms with van der Waals surface area (Å²) in [4.78, 5) is 0. The molecule has 0 unspecified atom stereocenters. The molecule has 0 heterocycles. The molecule has 0 aromatic rings. The highest BCUT2D eigenvalue weighted by atomic mass is 16.3. The maximum atomic E-state index is 11.2. The first-order valence-electron chi connectivity index (χ1n) is 8.48. The zero-order valence-electron chi connectivity index (χ0n) is 13.0. The van der Waals surface area contributed by atoms with E-state index in [0.29, 0.717) is 6.54 Å². The van der Waals surface area contributed by atoms with Gasteiger partial charge in [0.2, 0.25) is 0 Å². The third-order valence-corrected chi connectivity index (χ3v) is 6.24. The third-order valence-electron chi connectivity index (χ3n) is 6.24. The van der Waals surface area contributed by atoms with Crippen LogP contribution in [-0.4, -0.2) is 17.3 Å². The molecule has 0 bridgehead atoms. The van der Waals surface area contributed by atoms with E-state index in [0.717, 1.165) is 37.5 Å². The summed E-state index contributed by atoms with van der Waals surface area (Å²) in [5.74, 6) is 1.67. The fourth-order valence-electron chi connectivity index (χ4n) is 4.56. The van der Waals surface area contributed by atoms with Gasteiger partial charge in [-0.1, -0.05) is 39.5 Å². The fourth-order valence-corrected chi connectivity index (χ4v) is 4.56. The van der Waals surface area contributed by atoms with Crippen LogP contribution in [0.2, 0.25) is 0 Å². The molecule has 112 valence electrons. The quantitative estimate of drug-likeness (QED) is 0.812. The molecule has 2 nitrogen and oxygen atoms in total. The average Bonchev–Trinajstić information content (AvgIpc) is 2.43. The van der Waals surface area contributed by atoms with Crippen LogP contribution in [0.5, 0.6) is 0 Å². The van der Waals surface area contributed by atoms with E-state index >= 15 is 0 Å². The molecule has 2 heteroatoms. The van der Waals surface area contributed by atoms with Gasteiger partial charge in [0.25, 0.3) is 0 Å². The Hall–Kier alpha value is -0.0800. The minimum atomic E-state index is -0.466. The monoisotopic (exact) mass is 267 g/mol. The van der Waals surface area contributed by atoms with Gasteiger partial charge in [0.05, 0.1) is 5.60 Å². The molecule has 2 aliphatic carbocycles. The van der Waals surface area contributed by atoms with Crippen LogP contribution in [0.1, 0.15) is 78.1 Å². The normalized spacial score (nSPS) is 44.2. The number of hydrogen-bond donors (Lipinski definition) is 2. The minimum Gasteiger partial charge on any atom is -0.389 e. The van der Waals surface area contributed by atoms with Gasteiger partial charge in [0, 0.05) is 12.0 Å². The SMILES string of the molecule is CCCC1CCC(O)(C2(CN)CCC(C)CC2)CC1. The summed E-state index contributed by atoms with van der Waals surface area (Å²) in [6, 6.07) is 0. The van der Waals surface area contributed by atoms with Crippen LogP contribution in [0.3, 0.4) is 0 Å². The zero-order chi connectivity index (χ0) is 13.9. The minimum absolute atomic E-state index is 0.0245. The summed E-state index contributed by atoms with van der Waals surface area (Å²) in [7, 11) is 0. The summed E-state index contributed by atoms with van der Waals surface area (Å²) in [5, 5.41) is 11.2. The van der Waals surface area contributed by atoms with Crippen molar-refractivity contribution in [2.24, 2.45) is 23.0 Å². The van der Waals surface area contributed by atoms with Crippen LogP contribution in [0.4, 0.5) is 0 Å². The van der Waals surface area contributed by atoms with Crippen molar-refractivity contribution in [1.29, 1.82) is 0 Å². The highest BCUT2D eigenvalue weighted by molar-refractivity contribution is 5.03. The van der Waals surface area contributed by atoms with Gasteiger partial charge in [-0.3, -0.25) is 0 Å². The lowest BCUT2D eigenvalue weighted by atomic mass is 9.56. The fraction of sp³-hybridized carbons (Fsp3) is 1.00. The maximum Gasteiger partial charge on any atom is 0.0716 e. The van der Waals surface area contributed by atoms with E-state index in [1.54, 1.807) is 0 Å². The molecule has 0 amide bonds. The van der Waals surface area contributed by atoms with Crippen LogP contribution in [0, 0.1) is 17.3 Å². The third kappa shape index (κ3) is 3.00. The molecule has 19 heavy (non-hydrogen) atoms. The van der Waals surface area contributed by atoms with Crippen LogP contribution < -0.4 is 5.73 Å². The van der Waals surface area contributed by atoms with Crippen LogP contribution in [-0.2, 0) is 0 Å². The van der Waals surface area contributed by atoms with Crippen molar-refractivity contribution in [3.63, 3.8) is 0 Å². The van der Waals surface area contributed by atoms with Crippen molar-refractivity contribution in [3.05, 3.63) is 0 Å². The van der Waals surface area contributed by atoms with Gasteiger partial charge >= 0.3 is 0 Å². The second kappa shape index (κ2) is 6.13. The highest BCUT2D eigenvalue weighted by Crippen LogP contribution is 2.52. The van der Waals surface area contributed by atoms with E-state index in [9.17, 15) is 5.11 Å². The number of rotatable bonds is 4. The molecule has 0 spiro atoms. The lowest BCUT2D eigenvalue weighted by molar-refractivity contribution is -0.132. The number of aliphatic hydroxyl groups is 1. The molecular weight excluding hydrogens is 234 g/mol. The Kier molecular flexibility index (Phi) is 4.94. The van der Waals surface area contributed by atoms with Crippen LogP contribution in [0.25, 0.3) is 0 Å². The molecule has 2 rings (SSSR count). The summed E-state index contributed by atoms with van der Waals surface area (Å²) in [6.07, 6.45) is 11.8. The Balaban J connectivity index is 2.02. The zero-order valence-corrected chi connectivity index (χ0v) is 13.0. The van der Waals surface area contributed by atoms with Gasteiger partial charge in [-0.25, -0.2) is 0 Å². The molecule has 2 fully saturated rings. The Morgan fingerprint density at radius 2 is 1.63 bits per heavy atom. The van der Waals surface area contributed by atoms with Crippen molar-refractivity contribution in [3.8, 4) is 0 Å². The van der Waals surface area contributed by atoms with Crippen molar-refractivity contribution < 1.29 is 5.11 Å². The summed E-state index contributed by atoms with van der Waals surface area (Å²) in [6.45, 7) is 5.28. The van der Waals surface area contributed by atoms with Gasteiger partial charge in [0.1, 0.15) is 0 Å². The van der Waals surface area contributed by atoms with E-state index in [1.165, 1.54) is 38.5 Å². The first kappa shape index (κ1) is 15.3. The largest absolute Gasteiger partial charge is 0.389 e. The molecule has 0 saturated heterocycles. The second-order valence-electron chi connectivity index (χ2n) is 7.43. The van der Waals surface area contributed by atoms with Gasteiger partial charge in [-0.2, -0.15) is 0 Å². The first-order valence-corrected chi connectivity index (χ1v) is 8.48. The van der Waals surface area contributed by atoms with Crippen molar-refractivity contribution in [2.45, 2.75) is 83.7 Å². The Labute approximate surface area is 119 Å². The predicted molar refractivity (Wildman–Crippen MR) is 80.9 cm³/mol. The number of hydrogen-bond acceptors (Lipinski definition) is 2. The molecule has 2 saturated carbocycles. The molecule has 0 aliphatic heterocycles. The van der Waals surface area contributed by atoms with Gasteiger partial charge in [-0.05, 0) is 50.4 Å². The molecule has 2 aliphatic rings. The van der Waals surface area contributed by atoms with E-state index in [2.05, 4.69) is 13.8 Å². The lowest BCUT2D eigenvalue weighted by Gasteiger charge is -2.53. The summed E-state index contributed by atoms with van der Waals surface area (Å²) >= 11 is 0.